The molecule has 180 valence electrons. The van der Waals surface area contributed by atoms with Crippen molar-refractivity contribution in [3.05, 3.63) is 59.2 Å². The van der Waals surface area contributed by atoms with Gasteiger partial charge in [-0.3, -0.25) is 9.59 Å². The molecule has 0 aromatic heterocycles. The van der Waals surface area contributed by atoms with Gasteiger partial charge in [0.2, 0.25) is 0 Å². The Morgan fingerprint density at radius 3 is 2.48 bits per heavy atom. The highest BCUT2D eigenvalue weighted by molar-refractivity contribution is 6.06. The van der Waals surface area contributed by atoms with Crippen LogP contribution in [0.5, 0.6) is 5.75 Å². The summed E-state index contributed by atoms with van der Waals surface area (Å²) in [5.41, 5.74) is 2.65. The van der Waals surface area contributed by atoms with Gasteiger partial charge in [0.1, 0.15) is 11.7 Å². The van der Waals surface area contributed by atoms with Crippen molar-refractivity contribution in [2.75, 3.05) is 13.7 Å². The van der Waals surface area contributed by atoms with Gasteiger partial charge in [0.15, 0.2) is 5.78 Å². The fourth-order valence-corrected chi connectivity index (χ4v) is 4.00. The van der Waals surface area contributed by atoms with E-state index in [1.807, 2.05) is 26.8 Å². The fraction of sp³-hybridized carbons (Fsp3) is 0.462. The van der Waals surface area contributed by atoms with Crippen molar-refractivity contribution in [3.63, 3.8) is 0 Å². The fourth-order valence-electron chi connectivity index (χ4n) is 4.00. The summed E-state index contributed by atoms with van der Waals surface area (Å²) in [7, 11) is 1.45. The number of aliphatic hydroxyl groups is 1. The lowest BCUT2D eigenvalue weighted by Crippen LogP contribution is -2.29. The van der Waals surface area contributed by atoms with Gasteiger partial charge in [-0.05, 0) is 48.1 Å². The molecular formula is C26H32F2O5. The summed E-state index contributed by atoms with van der Waals surface area (Å²) in [6.07, 6.45) is 2.71. The molecule has 0 heterocycles. The van der Waals surface area contributed by atoms with E-state index in [0.29, 0.717) is 28.0 Å². The standard InChI is InChI=1S/C26H32F2O5/c1-7-18(29)14-20(30)23(25(31)33-8-2)22-19(15(3)4)13-16(5)24(32-6)21(22)17-9-11-26(27,28)12-10-17/h7,9-11,13,15,18,23,29H,1,8,12,14H2,2-6H3. The van der Waals surface area contributed by atoms with Crippen LogP contribution in [0.3, 0.4) is 0 Å². The largest absolute Gasteiger partial charge is 0.496 e. The first-order valence-electron chi connectivity index (χ1n) is 11.0. The Kier molecular flexibility index (Phi) is 8.72. The average Bonchev–Trinajstić information content (AvgIpc) is 2.74. The number of hydrogen-bond acceptors (Lipinski definition) is 5. The minimum atomic E-state index is -2.98. The number of aliphatic hydroxyl groups excluding tert-OH is 1. The Morgan fingerprint density at radius 1 is 1.33 bits per heavy atom. The van der Waals surface area contributed by atoms with Crippen molar-refractivity contribution in [1.82, 2.24) is 0 Å². The molecule has 0 fully saturated rings. The van der Waals surface area contributed by atoms with Crippen molar-refractivity contribution >= 4 is 17.3 Å². The van der Waals surface area contributed by atoms with Crippen molar-refractivity contribution in [2.45, 2.75) is 64.4 Å². The highest BCUT2D eigenvalue weighted by Gasteiger charge is 2.38. The Labute approximate surface area is 193 Å². The van der Waals surface area contributed by atoms with Gasteiger partial charge in [-0.1, -0.05) is 38.1 Å². The molecule has 1 aliphatic carbocycles. The highest BCUT2D eigenvalue weighted by atomic mass is 19.3. The van der Waals surface area contributed by atoms with Gasteiger partial charge in [0.05, 0.1) is 19.8 Å². The molecule has 5 nitrogen and oxygen atoms in total. The molecule has 33 heavy (non-hydrogen) atoms. The number of esters is 1. The molecule has 0 saturated carbocycles. The zero-order valence-electron chi connectivity index (χ0n) is 19.8. The van der Waals surface area contributed by atoms with E-state index in [4.69, 9.17) is 9.47 Å². The molecule has 1 aliphatic rings. The van der Waals surface area contributed by atoms with Crippen molar-refractivity contribution < 1.29 is 33.0 Å². The second-order valence-electron chi connectivity index (χ2n) is 8.38. The maximum absolute atomic E-state index is 13.8. The molecule has 2 unspecified atom stereocenters. The average molecular weight is 463 g/mol. The molecule has 2 atom stereocenters. The maximum Gasteiger partial charge on any atom is 0.321 e. The third-order valence-electron chi connectivity index (χ3n) is 5.57. The van der Waals surface area contributed by atoms with Gasteiger partial charge < -0.3 is 14.6 Å². The summed E-state index contributed by atoms with van der Waals surface area (Å²) in [6.45, 7) is 10.8. The van der Waals surface area contributed by atoms with E-state index in [9.17, 15) is 23.5 Å². The van der Waals surface area contributed by atoms with Crippen LogP contribution in [-0.2, 0) is 14.3 Å². The Morgan fingerprint density at radius 2 is 2.00 bits per heavy atom. The number of methoxy groups -OCH3 is 1. The molecule has 1 N–H and O–H groups in total. The van der Waals surface area contributed by atoms with Crippen LogP contribution in [0.1, 0.15) is 67.7 Å². The Hall–Kier alpha value is -2.80. The second-order valence-corrected chi connectivity index (χ2v) is 8.38. The van der Waals surface area contributed by atoms with Crippen molar-refractivity contribution in [3.8, 4) is 5.75 Å². The van der Waals surface area contributed by atoms with E-state index >= 15 is 0 Å². The molecule has 1 aromatic carbocycles. The third-order valence-corrected chi connectivity index (χ3v) is 5.57. The SMILES string of the molecule is C=CC(O)CC(=O)C(C(=O)OCC)c1c(C(C)C)cc(C)c(OC)c1C1=CCC(F)(F)C=C1. The van der Waals surface area contributed by atoms with Crippen LogP contribution in [0.2, 0.25) is 0 Å². The number of carbonyl (C=O) groups excluding carboxylic acids is 2. The maximum atomic E-state index is 13.8. The third kappa shape index (κ3) is 5.96. The van der Waals surface area contributed by atoms with Crippen LogP contribution >= 0.6 is 0 Å². The molecule has 0 aliphatic heterocycles. The van der Waals surface area contributed by atoms with E-state index in [-0.39, 0.29) is 18.9 Å². The number of ketones is 1. The van der Waals surface area contributed by atoms with Crippen molar-refractivity contribution in [2.24, 2.45) is 0 Å². The number of rotatable bonds is 10. The number of alkyl halides is 2. The molecule has 1 aromatic rings. The normalized spacial score (nSPS) is 16.7. The number of Topliss-reactive ketones (excluding diaryl/α,β-unsaturated/α-hetero) is 1. The summed E-state index contributed by atoms with van der Waals surface area (Å²) >= 11 is 0. The quantitative estimate of drug-likeness (QED) is 0.292. The van der Waals surface area contributed by atoms with Crippen LogP contribution in [0.25, 0.3) is 5.57 Å². The first-order valence-corrected chi connectivity index (χ1v) is 11.0. The number of benzene rings is 1. The van der Waals surface area contributed by atoms with Crippen LogP contribution in [0.4, 0.5) is 8.78 Å². The second kappa shape index (κ2) is 10.9. The lowest BCUT2D eigenvalue weighted by Gasteiger charge is -2.28. The predicted molar refractivity (Wildman–Crippen MR) is 124 cm³/mol. The first-order chi connectivity index (χ1) is 15.5. The summed E-state index contributed by atoms with van der Waals surface area (Å²) in [5, 5.41) is 10.0. The first kappa shape index (κ1) is 26.5. The van der Waals surface area contributed by atoms with Gasteiger partial charge in [0.25, 0.3) is 5.92 Å². The number of allylic oxidation sites excluding steroid dienone is 4. The van der Waals surface area contributed by atoms with Gasteiger partial charge in [-0.2, -0.15) is 0 Å². The number of ether oxygens (including phenoxy) is 2. The van der Waals surface area contributed by atoms with Crippen LogP contribution in [-0.4, -0.2) is 42.6 Å². The van der Waals surface area contributed by atoms with Gasteiger partial charge in [0, 0.05) is 18.4 Å². The van der Waals surface area contributed by atoms with E-state index in [0.717, 1.165) is 11.6 Å². The van der Waals surface area contributed by atoms with Crippen molar-refractivity contribution in [1.29, 1.82) is 0 Å². The predicted octanol–water partition coefficient (Wildman–Crippen LogP) is 5.26. The zero-order chi connectivity index (χ0) is 24.9. The summed E-state index contributed by atoms with van der Waals surface area (Å²) < 4.78 is 38.5. The highest BCUT2D eigenvalue weighted by Crippen LogP contribution is 2.44. The van der Waals surface area contributed by atoms with E-state index in [1.165, 1.54) is 25.3 Å². The molecule has 0 amide bonds. The summed E-state index contributed by atoms with van der Waals surface area (Å²) in [4.78, 5) is 26.4. The monoisotopic (exact) mass is 462 g/mol. The smallest absolute Gasteiger partial charge is 0.321 e. The van der Waals surface area contributed by atoms with Crippen LogP contribution in [0.15, 0.2) is 36.9 Å². The molecule has 0 bridgehead atoms. The minimum absolute atomic E-state index is 0.0524. The molecule has 2 rings (SSSR count). The van der Waals surface area contributed by atoms with E-state index in [1.54, 1.807) is 6.92 Å². The Balaban J connectivity index is 2.89. The molecule has 7 heteroatoms. The Bertz CT molecular complexity index is 975. The van der Waals surface area contributed by atoms with Gasteiger partial charge in [-0.25, -0.2) is 8.78 Å². The number of halogens is 2. The molecule has 0 saturated heterocycles. The number of carbonyl (C=O) groups is 2. The number of aryl methyl sites for hydroxylation is 1. The minimum Gasteiger partial charge on any atom is -0.496 e. The molecule has 0 radical (unpaired) electrons. The van der Waals surface area contributed by atoms with Gasteiger partial charge in [-0.15, -0.1) is 6.58 Å². The van der Waals surface area contributed by atoms with E-state index < -0.39 is 36.1 Å². The summed E-state index contributed by atoms with van der Waals surface area (Å²) in [6, 6.07) is 1.84. The summed E-state index contributed by atoms with van der Waals surface area (Å²) in [5.74, 6) is -5.38. The van der Waals surface area contributed by atoms with Gasteiger partial charge >= 0.3 is 5.97 Å². The zero-order valence-corrected chi connectivity index (χ0v) is 19.8. The lowest BCUT2D eigenvalue weighted by molar-refractivity contribution is -0.148. The van der Waals surface area contributed by atoms with Crippen LogP contribution in [0, 0.1) is 6.92 Å². The number of hydrogen-bond donors (Lipinski definition) is 1. The molecular weight excluding hydrogens is 430 g/mol. The topological polar surface area (TPSA) is 72.8 Å². The van der Waals surface area contributed by atoms with Crippen LogP contribution < -0.4 is 4.74 Å². The lowest BCUT2D eigenvalue weighted by atomic mass is 9.78. The van der Waals surface area contributed by atoms with E-state index in [2.05, 4.69) is 6.58 Å². The molecule has 0 spiro atoms.